The molecule has 4 rings (SSSR count). The van der Waals surface area contributed by atoms with Crippen molar-refractivity contribution in [3.8, 4) is 9.75 Å². The summed E-state index contributed by atoms with van der Waals surface area (Å²) < 4.78 is 1.61. The lowest BCUT2D eigenvalue weighted by Crippen LogP contribution is -2.53. The van der Waals surface area contributed by atoms with Crippen LogP contribution in [-0.2, 0) is 10.4 Å². The zero-order chi connectivity index (χ0) is 24.0. The van der Waals surface area contributed by atoms with Crippen LogP contribution in [0.4, 0.5) is 0 Å². The first kappa shape index (κ1) is 23.0. The second-order valence-electron chi connectivity index (χ2n) is 10.4. The molecule has 2 aliphatic heterocycles. The lowest BCUT2D eigenvalue weighted by atomic mass is 9.84. The fourth-order valence-electron chi connectivity index (χ4n) is 3.80. The molecule has 0 unspecified atom stereocenters. The van der Waals surface area contributed by atoms with Gasteiger partial charge in [0.2, 0.25) is 0 Å². The Balaban J connectivity index is 1.71. The standard InChI is InChI=1S/C22H28N4O4S2/c1-19(2)20(3,4)24(28)17(23(19)27)15-11-9-13(31-15)14-10-12-16(32-14)18-25(29)21(5,6)22(7,8)26(18)30/h9-12H,1-8H3. The van der Waals surface area contributed by atoms with E-state index in [0.29, 0.717) is 9.75 Å². The van der Waals surface area contributed by atoms with Gasteiger partial charge < -0.3 is 10.4 Å². The van der Waals surface area contributed by atoms with E-state index in [1.54, 1.807) is 67.5 Å². The molecular formula is C22H28N4O4S2. The molecule has 0 aliphatic carbocycles. The van der Waals surface area contributed by atoms with Gasteiger partial charge in [0.15, 0.2) is 11.1 Å². The van der Waals surface area contributed by atoms with Crippen LogP contribution in [0.3, 0.4) is 0 Å². The molecule has 2 radical (unpaired) electrons. The molecule has 0 saturated carbocycles. The highest BCUT2D eigenvalue weighted by atomic mass is 32.1. The quantitative estimate of drug-likeness (QED) is 0.483. The van der Waals surface area contributed by atoms with Crippen LogP contribution in [0.25, 0.3) is 9.75 Å². The second kappa shape index (κ2) is 6.69. The Morgan fingerprint density at radius 3 is 1.16 bits per heavy atom. The van der Waals surface area contributed by atoms with E-state index in [-0.39, 0.29) is 11.7 Å². The van der Waals surface area contributed by atoms with Crippen molar-refractivity contribution < 1.29 is 19.9 Å². The molecule has 2 aromatic heterocycles. The van der Waals surface area contributed by atoms with Crippen molar-refractivity contribution in [1.29, 1.82) is 0 Å². The van der Waals surface area contributed by atoms with E-state index in [2.05, 4.69) is 0 Å². The molecule has 0 amide bonds. The van der Waals surface area contributed by atoms with Gasteiger partial charge in [-0.1, -0.05) is 10.1 Å². The molecule has 0 aromatic carbocycles. The minimum atomic E-state index is -0.877. The molecular weight excluding hydrogens is 448 g/mol. The van der Waals surface area contributed by atoms with Crippen molar-refractivity contribution in [2.45, 2.75) is 77.5 Å². The third-order valence-electron chi connectivity index (χ3n) is 7.69. The first-order valence-corrected chi connectivity index (χ1v) is 12.0. The lowest BCUT2D eigenvalue weighted by molar-refractivity contribution is -0.539. The highest BCUT2D eigenvalue weighted by Gasteiger charge is 2.61. The lowest BCUT2D eigenvalue weighted by Gasteiger charge is -2.32. The average molecular weight is 477 g/mol. The van der Waals surface area contributed by atoms with Gasteiger partial charge in [-0.15, -0.1) is 22.7 Å². The van der Waals surface area contributed by atoms with Crippen molar-refractivity contribution in [2.24, 2.45) is 0 Å². The maximum absolute atomic E-state index is 12.9. The zero-order valence-electron chi connectivity index (χ0n) is 19.5. The third kappa shape index (κ3) is 2.73. The summed E-state index contributed by atoms with van der Waals surface area (Å²) in [7, 11) is 0. The Labute approximate surface area is 196 Å². The fourth-order valence-corrected chi connectivity index (χ4v) is 5.92. The molecule has 0 saturated heterocycles. The number of hydrogen-bond donors (Lipinski definition) is 0. The van der Waals surface area contributed by atoms with E-state index in [9.17, 15) is 20.8 Å². The summed E-state index contributed by atoms with van der Waals surface area (Å²) in [6.07, 6.45) is 0. The van der Waals surface area contributed by atoms with E-state index in [4.69, 9.17) is 0 Å². The summed E-state index contributed by atoms with van der Waals surface area (Å²) in [4.78, 5) is 2.90. The van der Waals surface area contributed by atoms with Gasteiger partial charge in [-0.05, 0) is 79.7 Å². The predicted molar refractivity (Wildman–Crippen MR) is 124 cm³/mol. The van der Waals surface area contributed by atoms with Crippen LogP contribution in [0.5, 0.6) is 0 Å². The van der Waals surface area contributed by atoms with Gasteiger partial charge in [0, 0.05) is 20.2 Å². The first-order chi connectivity index (χ1) is 14.6. The minimum Gasteiger partial charge on any atom is -0.714 e. The molecule has 10 heteroatoms. The van der Waals surface area contributed by atoms with Crippen molar-refractivity contribution in [2.75, 3.05) is 0 Å². The van der Waals surface area contributed by atoms with Crippen LogP contribution in [0.15, 0.2) is 24.3 Å². The maximum atomic E-state index is 12.9. The fraction of sp³-hybridized carbons (Fsp3) is 0.545. The Morgan fingerprint density at radius 1 is 0.625 bits per heavy atom. The smallest absolute Gasteiger partial charge is 0.326 e. The van der Waals surface area contributed by atoms with Crippen molar-refractivity contribution >= 4 is 34.3 Å². The molecule has 8 nitrogen and oxygen atoms in total. The Kier molecular flexibility index (Phi) is 4.82. The molecule has 32 heavy (non-hydrogen) atoms. The number of amidine groups is 2. The maximum Gasteiger partial charge on any atom is 0.326 e. The average Bonchev–Trinajstić information content (AvgIpc) is 3.40. The van der Waals surface area contributed by atoms with Gasteiger partial charge in [-0.3, -0.25) is 9.48 Å². The monoisotopic (exact) mass is 476 g/mol. The van der Waals surface area contributed by atoms with Crippen molar-refractivity contribution in [3.63, 3.8) is 0 Å². The minimum absolute atomic E-state index is 0.109. The van der Waals surface area contributed by atoms with Crippen LogP contribution in [0.1, 0.15) is 65.1 Å². The summed E-state index contributed by atoms with van der Waals surface area (Å²) in [5, 5.41) is 53.3. The van der Waals surface area contributed by atoms with Gasteiger partial charge in [0.05, 0.1) is 0 Å². The number of hydroxylamine groups is 6. The molecule has 172 valence electrons. The van der Waals surface area contributed by atoms with Gasteiger partial charge >= 0.3 is 11.7 Å². The van der Waals surface area contributed by atoms with E-state index in [1.165, 1.54) is 22.7 Å². The number of hydrogen-bond acceptors (Lipinski definition) is 6. The molecule has 0 fully saturated rings. The topological polar surface area (TPSA) is 98.4 Å². The first-order valence-electron chi connectivity index (χ1n) is 10.4. The largest absolute Gasteiger partial charge is 0.714 e. The second-order valence-corrected chi connectivity index (χ2v) is 12.6. The third-order valence-corrected chi connectivity index (χ3v) is 10.0. The van der Waals surface area contributed by atoms with Gasteiger partial charge in [-0.2, -0.15) is 0 Å². The summed E-state index contributed by atoms with van der Waals surface area (Å²) in [5.74, 6) is 0.219. The SMILES string of the molecule is CC1(C)N([O])C(c2ccc(-c3ccc(C4=[N+]([O-])C(C)(C)C(C)(C)N4[O])s3)s2)=[N+]([O-])C1(C)C. The van der Waals surface area contributed by atoms with Gasteiger partial charge in [-0.25, -0.2) is 0 Å². The van der Waals surface area contributed by atoms with Crippen LogP contribution in [-0.4, -0.2) is 53.4 Å². The summed E-state index contributed by atoms with van der Waals surface area (Å²) in [6, 6.07) is 7.27. The Bertz CT molecular complexity index is 1070. The normalized spacial score (nSPS) is 23.6. The number of nitrogens with zero attached hydrogens (tertiary/aromatic N) is 4. The molecule has 4 heterocycles. The van der Waals surface area contributed by atoms with Crippen LogP contribution >= 0.6 is 22.7 Å². The Morgan fingerprint density at radius 2 is 0.906 bits per heavy atom. The van der Waals surface area contributed by atoms with Crippen molar-refractivity contribution in [3.05, 3.63) is 44.4 Å². The van der Waals surface area contributed by atoms with Crippen LogP contribution in [0.2, 0.25) is 0 Å². The molecule has 0 spiro atoms. The van der Waals surface area contributed by atoms with Crippen LogP contribution < -0.4 is 0 Å². The van der Waals surface area contributed by atoms with E-state index in [1.807, 2.05) is 12.1 Å². The molecule has 0 atom stereocenters. The Hall–Kier alpha value is -2.14. The highest BCUT2D eigenvalue weighted by Crippen LogP contribution is 2.42. The number of rotatable bonds is 3. The summed E-state index contributed by atoms with van der Waals surface area (Å²) in [6.45, 7) is 14.1. The highest BCUT2D eigenvalue weighted by molar-refractivity contribution is 7.23. The van der Waals surface area contributed by atoms with Crippen LogP contribution in [0, 0.1) is 10.4 Å². The number of thiophene rings is 2. The molecule has 0 N–H and O–H groups in total. The van der Waals surface area contributed by atoms with Crippen molar-refractivity contribution in [1.82, 2.24) is 10.1 Å². The summed E-state index contributed by atoms with van der Waals surface area (Å²) >= 11 is 2.69. The summed E-state index contributed by atoms with van der Waals surface area (Å²) in [5.41, 5.74) is -3.51. The predicted octanol–water partition coefficient (Wildman–Crippen LogP) is 4.43. The molecule has 2 aliphatic rings. The van der Waals surface area contributed by atoms with E-state index < -0.39 is 22.2 Å². The van der Waals surface area contributed by atoms with Gasteiger partial charge in [0.1, 0.15) is 20.8 Å². The zero-order valence-corrected chi connectivity index (χ0v) is 21.2. The molecule has 2 aromatic rings. The molecule has 0 bridgehead atoms. The van der Waals surface area contributed by atoms with E-state index in [0.717, 1.165) is 29.4 Å². The van der Waals surface area contributed by atoms with Gasteiger partial charge in [0.25, 0.3) is 0 Å². The van der Waals surface area contributed by atoms with E-state index >= 15 is 0 Å².